The van der Waals surface area contributed by atoms with Crippen LogP contribution in [0.4, 0.5) is 0 Å². The summed E-state index contributed by atoms with van der Waals surface area (Å²) in [6.07, 6.45) is 0. The third kappa shape index (κ3) is 6.37. The zero-order chi connectivity index (χ0) is 51.7. The molecule has 4 aromatic heterocycles. The van der Waals surface area contributed by atoms with Gasteiger partial charge in [-0.2, -0.15) is 9.97 Å². The van der Waals surface area contributed by atoms with Gasteiger partial charge in [-0.15, -0.1) is 0 Å². The average Bonchev–Trinajstić information content (AvgIpc) is 4.30. The summed E-state index contributed by atoms with van der Waals surface area (Å²) >= 11 is 0. The Balaban J connectivity index is 1.09. The topological polar surface area (TPSA) is 53.5 Å². The van der Waals surface area contributed by atoms with Gasteiger partial charge < -0.3 is 9.13 Å². The van der Waals surface area contributed by atoms with Crippen LogP contribution in [-0.4, -0.2) is 28.7 Å². The standard InChI is InChI=1S/C73H44N6/c1-4-21-45(22-5-1)47-25-20-26-48(43-47)72-74-71(46-23-6-2-7-24-46)75-73(76-72)79-69-60(66-58-36-15-14-35-57(58)65-55-33-12-10-29-51(55)52-30-11-13-34-56(52)67(65)70(66)79)41-40-59-53-31-16-19-38-63(53)78(68(59)69)50-39-42-64-61(44-50)54-32-17-18-37-62(54)77(64)49-27-8-3-9-28-49/h1-44H. The van der Waals surface area contributed by atoms with Gasteiger partial charge in [0.1, 0.15) is 0 Å². The second kappa shape index (κ2) is 16.9. The number of hydrogen-bond donors (Lipinski definition) is 0. The van der Waals surface area contributed by atoms with Crippen molar-refractivity contribution in [2.24, 2.45) is 0 Å². The lowest BCUT2D eigenvalue weighted by molar-refractivity contribution is 0.955. The zero-order valence-electron chi connectivity index (χ0n) is 42.6. The minimum Gasteiger partial charge on any atom is -0.309 e. The van der Waals surface area contributed by atoms with Crippen LogP contribution in [0, 0.1) is 0 Å². The van der Waals surface area contributed by atoms with E-state index < -0.39 is 0 Å². The zero-order valence-corrected chi connectivity index (χ0v) is 42.6. The van der Waals surface area contributed by atoms with Gasteiger partial charge in [0.05, 0.1) is 33.1 Å². The summed E-state index contributed by atoms with van der Waals surface area (Å²) in [6, 6.07) is 96.3. The van der Waals surface area contributed by atoms with E-state index in [1.165, 1.54) is 54.0 Å². The van der Waals surface area contributed by atoms with Crippen LogP contribution in [0.15, 0.2) is 267 Å². The SMILES string of the molecule is c1ccc(-c2cccc(-c3nc(-c4ccccc4)nc(-n4c5c(c6ccccc6c6c7ccccc7c7ccccc7c65)c5ccc6c7ccccc7n(-c7ccc8c(c7)c7ccccc7n8-c7ccccc7)c6c54)n3)c2)cc1. The van der Waals surface area contributed by atoms with Crippen molar-refractivity contribution in [3.8, 4) is 51.2 Å². The minimum atomic E-state index is 0.536. The summed E-state index contributed by atoms with van der Waals surface area (Å²) in [6.45, 7) is 0. The van der Waals surface area contributed by atoms with E-state index in [1.54, 1.807) is 0 Å². The normalized spacial score (nSPS) is 12.1. The van der Waals surface area contributed by atoms with E-state index in [1.807, 2.05) is 6.07 Å². The van der Waals surface area contributed by atoms with Crippen molar-refractivity contribution in [1.29, 1.82) is 0 Å². The smallest absolute Gasteiger partial charge is 0.238 e. The van der Waals surface area contributed by atoms with Crippen molar-refractivity contribution in [3.05, 3.63) is 267 Å². The molecule has 17 rings (SSSR count). The Bertz CT molecular complexity index is 5360. The number of nitrogens with zero attached hydrogens (tertiary/aromatic N) is 6. The number of para-hydroxylation sites is 3. The molecule has 0 radical (unpaired) electrons. The quantitative estimate of drug-likeness (QED) is 0.156. The van der Waals surface area contributed by atoms with E-state index in [0.29, 0.717) is 17.6 Å². The summed E-state index contributed by atoms with van der Waals surface area (Å²) in [7, 11) is 0. The number of rotatable bonds is 6. The molecule has 0 N–H and O–H groups in total. The van der Waals surface area contributed by atoms with Gasteiger partial charge in [-0.05, 0) is 92.0 Å². The molecule has 79 heavy (non-hydrogen) atoms. The van der Waals surface area contributed by atoms with Crippen molar-refractivity contribution in [2.45, 2.75) is 0 Å². The average molecular weight is 1010 g/mol. The molecule has 4 heterocycles. The van der Waals surface area contributed by atoms with Crippen LogP contribution in [0.1, 0.15) is 0 Å². The fourth-order valence-electron chi connectivity index (χ4n) is 13.1. The minimum absolute atomic E-state index is 0.536. The first-order valence-corrected chi connectivity index (χ1v) is 26.9. The predicted octanol–water partition coefficient (Wildman–Crippen LogP) is 18.8. The lowest BCUT2D eigenvalue weighted by Crippen LogP contribution is -2.07. The third-order valence-electron chi connectivity index (χ3n) is 16.4. The van der Waals surface area contributed by atoms with E-state index in [-0.39, 0.29) is 0 Å². The molecule has 0 bridgehead atoms. The molecule has 0 spiro atoms. The molecule has 0 aliphatic rings. The molecular formula is C73H44N6. The van der Waals surface area contributed by atoms with E-state index >= 15 is 0 Å². The highest BCUT2D eigenvalue weighted by molar-refractivity contribution is 6.43. The first-order valence-electron chi connectivity index (χ1n) is 26.9. The maximum atomic E-state index is 5.73. The van der Waals surface area contributed by atoms with Gasteiger partial charge in [-0.25, -0.2) is 4.98 Å². The Hall–Kier alpha value is -10.7. The fraction of sp³-hybridized carbons (Fsp3) is 0. The Morgan fingerprint density at radius 3 is 1.37 bits per heavy atom. The molecule has 6 heteroatoms. The van der Waals surface area contributed by atoms with Gasteiger partial charge in [0.25, 0.3) is 0 Å². The molecule has 0 saturated heterocycles. The van der Waals surface area contributed by atoms with Gasteiger partial charge in [0, 0.05) is 65.6 Å². The molecule has 6 nitrogen and oxygen atoms in total. The lowest BCUT2D eigenvalue weighted by Gasteiger charge is -2.17. The monoisotopic (exact) mass is 1000 g/mol. The molecule has 17 aromatic rings. The van der Waals surface area contributed by atoms with E-state index in [0.717, 1.165) is 88.1 Å². The van der Waals surface area contributed by atoms with Gasteiger partial charge >= 0.3 is 0 Å². The number of hydrogen-bond acceptors (Lipinski definition) is 3. The molecule has 366 valence electrons. The summed E-state index contributed by atoms with van der Waals surface area (Å²) in [5.74, 6) is 1.72. The van der Waals surface area contributed by atoms with Crippen molar-refractivity contribution in [3.63, 3.8) is 0 Å². The molecule has 0 aliphatic heterocycles. The summed E-state index contributed by atoms with van der Waals surface area (Å²) in [4.78, 5) is 16.8. The molecule has 0 saturated carbocycles. The molecule has 0 amide bonds. The van der Waals surface area contributed by atoms with Crippen LogP contribution in [0.2, 0.25) is 0 Å². The van der Waals surface area contributed by atoms with Crippen molar-refractivity contribution < 1.29 is 0 Å². The van der Waals surface area contributed by atoms with Crippen molar-refractivity contribution >= 4 is 109 Å². The first-order chi connectivity index (χ1) is 39.2. The second-order valence-electron chi connectivity index (χ2n) is 20.6. The van der Waals surface area contributed by atoms with Crippen LogP contribution >= 0.6 is 0 Å². The van der Waals surface area contributed by atoms with E-state index in [4.69, 9.17) is 15.0 Å². The number of aromatic nitrogens is 6. The third-order valence-corrected chi connectivity index (χ3v) is 16.4. The Kier molecular flexibility index (Phi) is 9.32. The number of fused-ring (bicyclic) bond motifs is 20. The highest BCUT2D eigenvalue weighted by atomic mass is 15.2. The van der Waals surface area contributed by atoms with Gasteiger partial charge in [-0.1, -0.05) is 218 Å². The Morgan fingerprint density at radius 1 is 0.215 bits per heavy atom. The molecule has 0 fully saturated rings. The van der Waals surface area contributed by atoms with Gasteiger partial charge in [0.2, 0.25) is 5.95 Å². The maximum absolute atomic E-state index is 5.73. The largest absolute Gasteiger partial charge is 0.309 e. The summed E-state index contributed by atoms with van der Waals surface area (Å²) < 4.78 is 7.30. The highest BCUT2D eigenvalue weighted by Gasteiger charge is 2.28. The van der Waals surface area contributed by atoms with E-state index in [9.17, 15) is 0 Å². The lowest BCUT2D eigenvalue weighted by atomic mass is 9.89. The van der Waals surface area contributed by atoms with Crippen LogP contribution in [0.25, 0.3) is 160 Å². The predicted molar refractivity (Wildman–Crippen MR) is 329 cm³/mol. The van der Waals surface area contributed by atoms with Crippen LogP contribution in [0.5, 0.6) is 0 Å². The molecule has 0 unspecified atom stereocenters. The van der Waals surface area contributed by atoms with Crippen LogP contribution < -0.4 is 0 Å². The molecule has 13 aromatic carbocycles. The molecular weight excluding hydrogens is 961 g/mol. The van der Waals surface area contributed by atoms with E-state index in [2.05, 4.69) is 275 Å². The highest BCUT2D eigenvalue weighted by Crippen LogP contribution is 2.50. The van der Waals surface area contributed by atoms with Crippen molar-refractivity contribution in [1.82, 2.24) is 28.7 Å². The van der Waals surface area contributed by atoms with Crippen LogP contribution in [0.3, 0.4) is 0 Å². The first kappa shape index (κ1) is 43.5. The fourth-order valence-corrected chi connectivity index (χ4v) is 13.1. The molecule has 0 aliphatic carbocycles. The van der Waals surface area contributed by atoms with Crippen molar-refractivity contribution in [2.75, 3.05) is 0 Å². The maximum Gasteiger partial charge on any atom is 0.238 e. The Morgan fingerprint density at radius 2 is 0.684 bits per heavy atom. The van der Waals surface area contributed by atoms with Gasteiger partial charge in [-0.3, -0.25) is 4.57 Å². The van der Waals surface area contributed by atoms with Gasteiger partial charge in [0.15, 0.2) is 11.6 Å². The summed E-state index contributed by atoms with van der Waals surface area (Å²) in [5, 5.41) is 16.4. The second-order valence-corrected chi connectivity index (χ2v) is 20.6. The number of benzene rings is 13. The summed E-state index contributed by atoms with van der Waals surface area (Å²) in [5.41, 5.74) is 12.8. The van der Waals surface area contributed by atoms with Crippen LogP contribution in [-0.2, 0) is 0 Å². The Labute approximate surface area is 453 Å². The molecule has 0 atom stereocenters.